The van der Waals surface area contributed by atoms with Crippen LogP contribution in [-0.2, 0) is 0 Å². The fourth-order valence-electron chi connectivity index (χ4n) is 7.73. The number of nitrogens with zero attached hydrogens (tertiary/aromatic N) is 3. The number of furan rings is 2. The minimum atomic E-state index is 0.554. The van der Waals surface area contributed by atoms with Gasteiger partial charge in [-0.05, 0) is 69.4 Å². The molecule has 0 bridgehead atoms. The minimum absolute atomic E-state index is 0.554. The van der Waals surface area contributed by atoms with Crippen LogP contribution in [0.4, 0.5) is 0 Å². The van der Waals surface area contributed by atoms with Crippen LogP contribution in [0.3, 0.4) is 0 Å². The van der Waals surface area contributed by atoms with Gasteiger partial charge in [0.05, 0.1) is 0 Å². The molecule has 252 valence electrons. The van der Waals surface area contributed by atoms with Gasteiger partial charge in [0.25, 0.3) is 0 Å². The van der Waals surface area contributed by atoms with Crippen molar-refractivity contribution >= 4 is 54.6 Å². The summed E-state index contributed by atoms with van der Waals surface area (Å²) in [5, 5.41) is 6.55. The molecule has 0 saturated carbocycles. The topological polar surface area (TPSA) is 65.0 Å². The van der Waals surface area contributed by atoms with Crippen molar-refractivity contribution in [1.82, 2.24) is 15.0 Å². The van der Waals surface area contributed by atoms with Crippen molar-refractivity contribution in [3.8, 4) is 56.4 Å². The molecule has 0 aliphatic carbocycles. The summed E-state index contributed by atoms with van der Waals surface area (Å²) < 4.78 is 12.8. The van der Waals surface area contributed by atoms with Crippen LogP contribution in [0.15, 0.2) is 185 Å². The largest absolute Gasteiger partial charge is 0.456 e. The van der Waals surface area contributed by atoms with E-state index in [-0.39, 0.29) is 0 Å². The van der Waals surface area contributed by atoms with E-state index >= 15 is 0 Å². The van der Waals surface area contributed by atoms with E-state index < -0.39 is 0 Å². The molecule has 54 heavy (non-hydrogen) atoms. The predicted molar refractivity (Wildman–Crippen MR) is 219 cm³/mol. The standard InChI is InChI=1S/C49H29N3O2/c1-2-12-32(13-3-1)40-28-36(29-44-46(40)38-16-7-9-19-42(38)54-44)48-50-47(33-24-21-31(22-25-33)35-26-23-30-11-4-5-14-34(30)27-35)51-49(52-48)39-17-10-20-43-45(39)37-15-6-8-18-41(37)53-43/h1-29H. The van der Waals surface area contributed by atoms with Crippen LogP contribution in [0.25, 0.3) is 111 Å². The average Bonchev–Trinajstić information content (AvgIpc) is 3.82. The van der Waals surface area contributed by atoms with Crippen LogP contribution in [-0.4, -0.2) is 15.0 Å². The summed E-state index contributed by atoms with van der Waals surface area (Å²) in [4.78, 5) is 15.6. The zero-order valence-electron chi connectivity index (χ0n) is 28.9. The van der Waals surface area contributed by atoms with Gasteiger partial charge in [0.15, 0.2) is 17.5 Å². The van der Waals surface area contributed by atoms with E-state index in [2.05, 4.69) is 127 Å². The van der Waals surface area contributed by atoms with Gasteiger partial charge in [0.1, 0.15) is 22.3 Å². The Morgan fingerprint density at radius 2 is 0.870 bits per heavy atom. The number of hydrogen-bond acceptors (Lipinski definition) is 5. The molecule has 0 saturated heterocycles. The molecule has 0 aliphatic rings. The molecule has 11 rings (SSSR count). The van der Waals surface area contributed by atoms with Crippen molar-refractivity contribution in [1.29, 1.82) is 0 Å². The van der Waals surface area contributed by atoms with E-state index in [9.17, 15) is 0 Å². The Labute approximate surface area is 309 Å². The van der Waals surface area contributed by atoms with Gasteiger partial charge in [0, 0.05) is 38.2 Å². The van der Waals surface area contributed by atoms with Crippen molar-refractivity contribution in [2.45, 2.75) is 0 Å². The Morgan fingerprint density at radius 1 is 0.296 bits per heavy atom. The highest BCUT2D eigenvalue weighted by Gasteiger charge is 2.20. The molecule has 5 nitrogen and oxygen atoms in total. The van der Waals surface area contributed by atoms with Gasteiger partial charge in [-0.1, -0.05) is 140 Å². The molecule has 0 fully saturated rings. The maximum atomic E-state index is 6.50. The molecular formula is C49H29N3O2. The van der Waals surface area contributed by atoms with Crippen molar-refractivity contribution in [2.75, 3.05) is 0 Å². The second-order valence-electron chi connectivity index (χ2n) is 13.6. The summed E-state index contributed by atoms with van der Waals surface area (Å²) >= 11 is 0. The second kappa shape index (κ2) is 12.1. The van der Waals surface area contributed by atoms with Crippen molar-refractivity contribution < 1.29 is 8.83 Å². The molecule has 0 aliphatic heterocycles. The summed E-state index contributed by atoms with van der Waals surface area (Å²) in [5.41, 5.74) is 10.2. The molecule has 8 aromatic carbocycles. The van der Waals surface area contributed by atoms with Crippen LogP contribution in [0.1, 0.15) is 0 Å². The maximum Gasteiger partial charge on any atom is 0.164 e. The first-order chi connectivity index (χ1) is 26.7. The molecular weight excluding hydrogens is 663 g/mol. The molecule has 5 heteroatoms. The van der Waals surface area contributed by atoms with Gasteiger partial charge in [0.2, 0.25) is 0 Å². The van der Waals surface area contributed by atoms with E-state index in [1.165, 1.54) is 10.8 Å². The normalized spacial score (nSPS) is 11.7. The number of hydrogen-bond donors (Lipinski definition) is 0. The number of fused-ring (bicyclic) bond motifs is 7. The second-order valence-corrected chi connectivity index (χ2v) is 13.6. The van der Waals surface area contributed by atoms with E-state index in [1.54, 1.807) is 0 Å². The molecule has 0 radical (unpaired) electrons. The summed E-state index contributed by atoms with van der Waals surface area (Å²) in [5.74, 6) is 1.70. The maximum absolute atomic E-state index is 6.50. The lowest BCUT2D eigenvalue weighted by Gasteiger charge is -2.12. The monoisotopic (exact) mass is 691 g/mol. The first-order valence-electron chi connectivity index (χ1n) is 18.0. The smallest absolute Gasteiger partial charge is 0.164 e. The minimum Gasteiger partial charge on any atom is -0.456 e. The molecule has 0 N–H and O–H groups in total. The highest BCUT2D eigenvalue weighted by molar-refractivity contribution is 6.14. The average molecular weight is 692 g/mol. The Balaban J connectivity index is 1.13. The lowest BCUT2D eigenvalue weighted by Crippen LogP contribution is -2.00. The van der Waals surface area contributed by atoms with E-state index in [4.69, 9.17) is 23.8 Å². The molecule has 3 heterocycles. The first-order valence-corrected chi connectivity index (χ1v) is 18.0. The zero-order valence-corrected chi connectivity index (χ0v) is 28.9. The molecule has 0 unspecified atom stereocenters. The van der Waals surface area contributed by atoms with Gasteiger partial charge >= 0.3 is 0 Å². The van der Waals surface area contributed by atoms with Gasteiger partial charge in [-0.15, -0.1) is 0 Å². The van der Waals surface area contributed by atoms with Crippen LogP contribution in [0, 0.1) is 0 Å². The van der Waals surface area contributed by atoms with Crippen molar-refractivity contribution in [3.63, 3.8) is 0 Å². The number of rotatable bonds is 5. The fourth-order valence-corrected chi connectivity index (χ4v) is 7.73. The third-order valence-corrected chi connectivity index (χ3v) is 10.3. The van der Waals surface area contributed by atoms with Crippen molar-refractivity contribution in [2.24, 2.45) is 0 Å². The summed E-state index contributed by atoms with van der Waals surface area (Å²) in [7, 11) is 0. The molecule has 0 atom stereocenters. The predicted octanol–water partition coefficient (Wildman–Crippen LogP) is 13.2. The van der Waals surface area contributed by atoms with Crippen LogP contribution >= 0.6 is 0 Å². The number of benzene rings is 8. The van der Waals surface area contributed by atoms with Crippen LogP contribution < -0.4 is 0 Å². The third kappa shape index (κ3) is 4.98. The fraction of sp³-hybridized carbons (Fsp3) is 0. The van der Waals surface area contributed by atoms with E-state index in [1.807, 2.05) is 48.5 Å². The SMILES string of the molecule is c1ccc(-c2cc(-c3nc(-c4ccc(-c5ccc6ccccc6c5)cc4)nc(-c4cccc5oc6ccccc6c45)n3)cc3oc4ccccc4c23)cc1. The molecule has 0 spiro atoms. The Morgan fingerprint density at radius 3 is 1.65 bits per heavy atom. The highest BCUT2D eigenvalue weighted by atomic mass is 16.3. The van der Waals surface area contributed by atoms with E-state index in [0.717, 1.165) is 82.8 Å². The third-order valence-electron chi connectivity index (χ3n) is 10.3. The molecule has 11 aromatic rings. The molecule has 3 aromatic heterocycles. The van der Waals surface area contributed by atoms with Crippen molar-refractivity contribution in [3.05, 3.63) is 176 Å². The summed E-state index contributed by atoms with van der Waals surface area (Å²) in [6, 6.07) is 60.5. The summed E-state index contributed by atoms with van der Waals surface area (Å²) in [6.07, 6.45) is 0. The lowest BCUT2D eigenvalue weighted by atomic mass is 9.96. The Kier molecular flexibility index (Phi) is 6.79. The highest BCUT2D eigenvalue weighted by Crippen LogP contribution is 2.41. The van der Waals surface area contributed by atoms with Gasteiger partial charge in [-0.25, -0.2) is 15.0 Å². The zero-order chi connectivity index (χ0) is 35.6. The number of aromatic nitrogens is 3. The quantitative estimate of drug-likeness (QED) is 0.180. The van der Waals surface area contributed by atoms with Gasteiger partial charge < -0.3 is 8.83 Å². The van der Waals surface area contributed by atoms with Gasteiger partial charge in [-0.3, -0.25) is 0 Å². The number of para-hydroxylation sites is 2. The molecule has 0 amide bonds. The first kappa shape index (κ1) is 30.3. The van der Waals surface area contributed by atoms with Crippen LogP contribution in [0.2, 0.25) is 0 Å². The van der Waals surface area contributed by atoms with Crippen LogP contribution in [0.5, 0.6) is 0 Å². The Bertz CT molecular complexity index is 3210. The summed E-state index contributed by atoms with van der Waals surface area (Å²) in [6.45, 7) is 0. The lowest BCUT2D eigenvalue weighted by molar-refractivity contribution is 0.668. The Hall–Kier alpha value is -7.37. The van der Waals surface area contributed by atoms with E-state index in [0.29, 0.717) is 17.5 Å². The van der Waals surface area contributed by atoms with Gasteiger partial charge in [-0.2, -0.15) is 0 Å².